The maximum Gasteiger partial charge on any atom is 0.272 e. The number of amides is 1. The molecule has 1 atom stereocenters. The number of nitrogens with one attached hydrogen (secondary N) is 1. The second-order valence-electron chi connectivity index (χ2n) is 8.20. The number of methoxy groups -OCH3 is 2. The highest BCUT2D eigenvalue weighted by Gasteiger charge is 2.34. The molecule has 0 bridgehead atoms. The van der Waals surface area contributed by atoms with Crippen LogP contribution in [0.3, 0.4) is 0 Å². The molecule has 3 rings (SSSR count). The summed E-state index contributed by atoms with van der Waals surface area (Å²) in [7, 11) is 3.20. The maximum atomic E-state index is 13.2. The predicted octanol–water partition coefficient (Wildman–Crippen LogP) is 0.626. The van der Waals surface area contributed by atoms with Crippen molar-refractivity contribution in [3.63, 3.8) is 0 Å². The molecule has 1 aliphatic carbocycles. The molecule has 184 valence electrons. The van der Waals surface area contributed by atoms with E-state index < -0.39 is 0 Å². The molecule has 1 heterocycles. The van der Waals surface area contributed by atoms with E-state index in [-0.39, 0.29) is 43.0 Å². The van der Waals surface area contributed by atoms with Crippen molar-refractivity contribution in [1.29, 1.82) is 0 Å². The first kappa shape index (κ1) is 24.9. The molecule has 0 saturated heterocycles. The Balaban J connectivity index is 1.73. The Hall–Kier alpha value is -3.76. The van der Waals surface area contributed by atoms with Gasteiger partial charge in [0.25, 0.3) is 5.56 Å². The number of hydrogen-bond acceptors (Lipinski definition) is 7. The Morgan fingerprint density at radius 3 is 2.65 bits per heavy atom. The lowest BCUT2D eigenvalue weighted by Crippen LogP contribution is -2.36. The lowest BCUT2D eigenvalue weighted by atomic mass is 9.89. The summed E-state index contributed by atoms with van der Waals surface area (Å²) in [6.45, 7) is 1.94. The molecule has 11 heteroatoms. The number of carbonyl (C=O) groups is 1. The van der Waals surface area contributed by atoms with E-state index in [4.69, 9.17) is 25.8 Å². The first-order valence-electron chi connectivity index (χ1n) is 11.1. The van der Waals surface area contributed by atoms with Gasteiger partial charge in [0.2, 0.25) is 11.9 Å². The third-order valence-electron chi connectivity index (χ3n) is 5.75. The second kappa shape index (κ2) is 11.4. The molecule has 1 aromatic carbocycles. The summed E-state index contributed by atoms with van der Waals surface area (Å²) in [6, 6.07) is 5.85. The standard InChI is InChI=1S/C23H32N6O5/c1-14-12-27-18(22(31)29(14)13-21(30)26-8-9-34-28-23(24)25)11-17(15-4-5-15)16-6-7-19(32-2)20(10-16)33-3/h6-7,10,12,15,17H,4-5,8-9,11,13H2,1-3H3,(H,26,30)(H4,24,25,28). The van der Waals surface area contributed by atoms with Crippen LogP contribution >= 0.6 is 0 Å². The van der Waals surface area contributed by atoms with E-state index in [2.05, 4.69) is 15.5 Å². The molecule has 0 aliphatic heterocycles. The van der Waals surface area contributed by atoms with Crippen LogP contribution in [0.2, 0.25) is 0 Å². The smallest absolute Gasteiger partial charge is 0.272 e. The largest absolute Gasteiger partial charge is 0.493 e. The molecule has 1 amide bonds. The minimum atomic E-state index is -0.325. The average molecular weight is 473 g/mol. The Labute approximate surface area is 198 Å². The second-order valence-corrected chi connectivity index (χ2v) is 8.20. The van der Waals surface area contributed by atoms with E-state index >= 15 is 0 Å². The first-order valence-corrected chi connectivity index (χ1v) is 11.1. The zero-order chi connectivity index (χ0) is 24.7. The summed E-state index contributed by atoms with van der Waals surface area (Å²) in [5.41, 5.74) is 12.2. The van der Waals surface area contributed by atoms with Crippen molar-refractivity contribution < 1.29 is 19.1 Å². The highest BCUT2D eigenvalue weighted by Crippen LogP contribution is 2.45. The van der Waals surface area contributed by atoms with Crippen LogP contribution in [0.25, 0.3) is 0 Å². The minimum absolute atomic E-state index is 0.105. The topological polar surface area (TPSA) is 156 Å². The third kappa shape index (κ3) is 6.40. The fourth-order valence-electron chi connectivity index (χ4n) is 3.85. The number of ether oxygens (including phenoxy) is 2. The zero-order valence-electron chi connectivity index (χ0n) is 19.7. The van der Waals surface area contributed by atoms with Gasteiger partial charge in [0, 0.05) is 18.3 Å². The Kier molecular flexibility index (Phi) is 8.34. The number of benzene rings is 1. The normalized spacial score (nSPS) is 13.6. The number of guanidine groups is 1. The van der Waals surface area contributed by atoms with Crippen LogP contribution in [0, 0.1) is 12.8 Å². The molecule has 2 aromatic rings. The van der Waals surface area contributed by atoms with Crippen molar-refractivity contribution in [2.45, 2.75) is 38.6 Å². The van der Waals surface area contributed by atoms with E-state index in [1.54, 1.807) is 27.3 Å². The van der Waals surface area contributed by atoms with Gasteiger partial charge >= 0.3 is 0 Å². The Morgan fingerprint density at radius 1 is 1.26 bits per heavy atom. The van der Waals surface area contributed by atoms with E-state index in [0.717, 1.165) is 18.4 Å². The van der Waals surface area contributed by atoms with Crippen molar-refractivity contribution in [2.24, 2.45) is 22.5 Å². The maximum absolute atomic E-state index is 13.2. The van der Waals surface area contributed by atoms with Crippen molar-refractivity contribution >= 4 is 11.9 Å². The molecular formula is C23H32N6O5. The monoisotopic (exact) mass is 472 g/mol. The quantitative estimate of drug-likeness (QED) is 0.176. The average Bonchev–Trinajstić information content (AvgIpc) is 3.65. The van der Waals surface area contributed by atoms with Crippen LogP contribution in [-0.2, 0) is 22.6 Å². The molecular weight excluding hydrogens is 440 g/mol. The highest BCUT2D eigenvalue weighted by molar-refractivity contribution is 5.76. The van der Waals surface area contributed by atoms with Gasteiger partial charge in [-0.25, -0.2) is 0 Å². The molecule has 1 unspecified atom stereocenters. The molecule has 1 aliphatic rings. The van der Waals surface area contributed by atoms with E-state index in [9.17, 15) is 9.59 Å². The summed E-state index contributed by atoms with van der Waals surface area (Å²) < 4.78 is 12.2. The lowest BCUT2D eigenvalue weighted by Gasteiger charge is -2.19. The van der Waals surface area contributed by atoms with Crippen molar-refractivity contribution in [1.82, 2.24) is 14.9 Å². The molecule has 11 nitrogen and oxygen atoms in total. The predicted molar refractivity (Wildman–Crippen MR) is 127 cm³/mol. The highest BCUT2D eigenvalue weighted by atomic mass is 16.6. The molecule has 1 aromatic heterocycles. The van der Waals surface area contributed by atoms with Gasteiger partial charge < -0.3 is 35.7 Å². The molecule has 0 spiro atoms. The van der Waals surface area contributed by atoms with Gasteiger partial charge in [-0.15, -0.1) is 0 Å². The van der Waals surface area contributed by atoms with Crippen molar-refractivity contribution in [3.8, 4) is 11.5 Å². The van der Waals surface area contributed by atoms with Crippen LogP contribution < -0.4 is 31.8 Å². The number of aryl methyl sites for hydroxylation is 1. The van der Waals surface area contributed by atoms with Crippen LogP contribution in [0.5, 0.6) is 11.5 Å². The van der Waals surface area contributed by atoms with Crippen LogP contribution in [-0.4, -0.2) is 48.8 Å². The third-order valence-corrected chi connectivity index (χ3v) is 5.75. The number of nitrogens with two attached hydrogens (primary N) is 2. The number of carbonyl (C=O) groups excluding carboxylic acids is 1. The number of rotatable bonds is 12. The summed E-state index contributed by atoms with van der Waals surface area (Å²) in [6.07, 6.45) is 4.31. The van der Waals surface area contributed by atoms with Gasteiger partial charge in [-0.05, 0) is 54.5 Å². The van der Waals surface area contributed by atoms with Gasteiger partial charge in [-0.3, -0.25) is 14.6 Å². The SMILES string of the molecule is COc1ccc(C(Cc2ncc(C)n(CC(=O)NCCON=C(N)N)c2=O)C2CC2)cc1OC. The lowest BCUT2D eigenvalue weighted by molar-refractivity contribution is -0.122. The fraction of sp³-hybridized carbons (Fsp3) is 0.478. The van der Waals surface area contributed by atoms with Crippen LogP contribution in [0.4, 0.5) is 0 Å². The molecule has 1 saturated carbocycles. The number of oxime groups is 1. The van der Waals surface area contributed by atoms with E-state index in [1.807, 2.05) is 18.2 Å². The summed E-state index contributed by atoms with van der Waals surface area (Å²) in [4.78, 5) is 34.8. The summed E-state index contributed by atoms with van der Waals surface area (Å²) >= 11 is 0. The van der Waals surface area contributed by atoms with Crippen molar-refractivity contribution in [2.75, 3.05) is 27.4 Å². The molecule has 0 radical (unpaired) electrons. The molecule has 1 fully saturated rings. The first-order chi connectivity index (χ1) is 16.3. The molecule has 5 N–H and O–H groups in total. The number of aromatic nitrogens is 2. The molecule has 34 heavy (non-hydrogen) atoms. The van der Waals surface area contributed by atoms with Gasteiger partial charge in [0.05, 0.1) is 20.8 Å². The Morgan fingerprint density at radius 2 is 2.00 bits per heavy atom. The minimum Gasteiger partial charge on any atom is -0.493 e. The zero-order valence-corrected chi connectivity index (χ0v) is 19.7. The van der Waals surface area contributed by atoms with E-state index in [0.29, 0.717) is 35.2 Å². The van der Waals surface area contributed by atoms with E-state index in [1.165, 1.54) is 4.57 Å². The van der Waals surface area contributed by atoms with Gasteiger partial charge in [-0.2, -0.15) is 0 Å². The van der Waals surface area contributed by atoms with Gasteiger partial charge in [0.1, 0.15) is 18.8 Å². The summed E-state index contributed by atoms with van der Waals surface area (Å²) in [5.74, 6) is 1.39. The van der Waals surface area contributed by atoms with Crippen LogP contribution in [0.1, 0.15) is 35.7 Å². The summed E-state index contributed by atoms with van der Waals surface area (Å²) in [5, 5.41) is 6.06. The van der Waals surface area contributed by atoms with Crippen molar-refractivity contribution in [3.05, 3.63) is 51.7 Å². The van der Waals surface area contributed by atoms with Gasteiger partial charge in [0.15, 0.2) is 11.5 Å². The van der Waals surface area contributed by atoms with Crippen LogP contribution in [0.15, 0.2) is 34.3 Å². The van der Waals surface area contributed by atoms with Gasteiger partial charge in [-0.1, -0.05) is 6.07 Å². The number of nitrogens with zero attached hydrogens (tertiary/aromatic N) is 3. The Bertz CT molecular complexity index is 1090. The fourth-order valence-corrected chi connectivity index (χ4v) is 3.85. The number of hydrogen-bond donors (Lipinski definition) is 3.